The molecule has 2 fully saturated rings. The summed E-state index contributed by atoms with van der Waals surface area (Å²) in [6, 6.07) is 3.80. The van der Waals surface area contributed by atoms with E-state index in [-0.39, 0.29) is 50.4 Å². The molecule has 1 aliphatic heterocycles. The van der Waals surface area contributed by atoms with Crippen molar-refractivity contribution in [1.29, 1.82) is 0 Å². The van der Waals surface area contributed by atoms with Gasteiger partial charge in [0.15, 0.2) is 9.84 Å². The number of rotatable bonds is 5. The van der Waals surface area contributed by atoms with E-state index >= 15 is 0 Å². The Balaban J connectivity index is 1.93. The Morgan fingerprint density at radius 3 is 2.57 bits per heavy atom. The van der Waals surface area contributed by atoms with E-state index in [9.17, 15) is 17.6 Å². The molecule has 3 rings (SSSR count). The van der Waals surface area contributed by atoms with E-state index in [1.54, 1.807) is 12.1 Å². The van der Waals surface area contributed by atoms with Crippen LogP contribution in [0.25, 0.3) is 0 Å². The van der Waals surface area contributed by atoms with Gasteiger partial charge in [-0.2, -0.15) is 0 Å². The number of benzene rings is 1. The van der Waals surface area contributed by atoms with Gasteiger partial charge in [-0.05, 0) is 36.0 Å². The minimum atomic E-state index is -3.23. The van der Waals surface area contributed by atoms with Gasteiger partial charge in [-0.15, -0.1) is 0 Å². The van der Waals surface area contributed by atoms with Crippen molar-refractivity contribution >= 4 is 50.5 Å². The largest absolute Gasteiger partial charge is 0.334 e. The molecule has 0 bridgehead atoms. The fraction of sp³-hybridized carbons (Fsp3) is 0.526. The standard InChI is InChI=1S/C19H21Cl3FNO3S/c1-19(2)13(8-16(21)22)17(19)18(25)24(11-6-7-28(26,27)10-11)9-12-14(20)4-3-5-15(12)23/h3-5,8,11,13,17H,6-7,9-10H2,1-2H3. The maximum atomic E-state index is 14.3. The van der Waals surface area contributed by atoms with E-state index in [1.807, 2.05) is 13.8 Å². The predicted octanol–water partition coefficient (Wildman–Crippen LogP) is 4.59. The Bertz CT molecular complexity index is 908. The van der Waals surface area contributed by atoms with Crippen molar-refractivity contribution in [3.05, 3.63) is 45.2 Å². The quantitative estimate of drug-likeness (QED) is 0.635. The fourth-order valence-electron chi connectivity index (χ4n) is 4.04. The Labute approximate surface area is 179 Å². The monoisotopic (exact) mass is 467 g/mol. The van der Waals surface area contributed by atoms with E-state index in [0.29, 0.717) is 6.42 Å². The van der Waals surface area contributed by atoms with Crippen LogP contribution in [0.4, 0.5) is 4.39 Å². The molecule has 3 unspecified atom stereocenters. The van der Waals surface area contributed by atoms with E-state index in [2.05, 4.69) is 0 Å². The van der Waals surface area contributed by atoms with Crippen molar-refractivity contribution in [1.82, 2.24) is 4.90 Å². The van der Waals surface area contributed by atoms with Gasteiger partial charge < -0.3 is 4.90 Å². The van der Waals surface area contributed by atoms with Crippen molar-refractivity contribution < 1.29 is 17.6 Å². The van der Waals surface area contributed by atoms with Crippen molar-refractivity contribution in [3.63, 3.8) is 0 Å². The molecule has 1 heterocycles. The second kappa shape index (κ2) is 7.78. The number of allylic oxidation sites excluding steroid dienone is 1. The number of carbonyl (C=O) groups is 1. The maximum Gasteiger partial charge on any atom is 0.227 e. The molecule has 0 spiro atoms. The molecule has 154 valence electrons. The zero-order chi connectivity index (χ0) is 20.9. The zero-order valence-electron chi connectivity index (χ0n) is 15.5. The van der Waals surface area contributed by atoms with Gasteiger partial charge in [-0.25, -0.2) is 12.8 Å². The van der Waals surface area contributed by atoms with Crippen LogP contribution in [0.3, 0.4) is 0 Å². The third kappa shape index (κ3) is 4.35. The predicted molar refractivity (Wildman–Crippen MR) is 110 cm³/mol. The number of halogens is 4. The number of sulfone groups is 1. The molecule has 28 heavy (non-hydrogen) atoms. The molecule has 1 aromatic carbocycles. The molecule has 0 aromatic heterocycles. The smallest absolute Gasteiger partial charge is 0.227 e. The fourth-order valence-corrected chi connectivity index (χ4v) is 6.26. The van der Waals surface area contributed by atoms with Crippen LogP contribution in [0.15, 0.2) is 28.8 Å². The molecule has 0 radical (unpaired) electrons. The highest BCUT2D eigenvalue weighted by atomic mass is 35.5. The Morgan fingerprint density at radius 1 is 1.36 bits per heavy atom. The average molecular weight is 469 g/mol. The summed E-state index contributed by atoms with van der Waals surface area (Å²) in [4.78, 5) is 14.9. The molecular formula is C19H21Cl3FNO3S. The first-order valence-corrected chi connectivity index (χ1v) is 11.9. The number of carbonyl (C=O) groups excluding carboxylic acids is 1. The number of hydrogen-bond acceptors (Lipinski definition) is 3. The van der Waals surface area contributed by atoms with Crippen LogP contribution in [-0.4, -0.2) is 36.8 Å². The first-order chi connectivity index (χ1) is 12.9. The van der Waals surface area contributed by atoms with Crippen molar-refractivity contribution in [3.8, 4) is 0 Å². The Kier molecular flexibility index (Phi) is 6.08. The molecule has 1 saturated carbocycles. The van der Waals surface area contributed by atoms with Crippen LogP contribution in [0, 0.1) is 23.1 Å². The Morgan fingerprint density at radius 2 is 2.04 bits per heavy atom. The highest BCUT2D eigenvalue weighted by molar-refractivity contribution is 7.91. The summed E-state index contributed by atoms with van der Waals surface area (Å²) in [5.41, 5.74) is -0.191. The average Bonchev–Trinajstić information content (AvgIpc) is 2.90. The molecule has 1 amide bonds. The van der Waals surface area contributed by atoms with Crippen LogP contribution in [0.5, 0.6) is 0 Å². The normalized spacial score (nSPS) is 27.3. The molecule has 0 N–H and O–H groups in total. The van der Waals surface area contributed by atoms with E-state index in [0.717, 1.165) is 0 Å². The van der Waals surface area contributed by atoms with Crippen molar-refractivity contribution in [2.24, 2.45) is 17.3 Å². The van der Waals surface area contributed by atoms with Gasteiger partial charge in [0.1, 0.15) is 10.3 Å². The topological polar surface area (TPSA) is 54.5 Å². The number of hydrogen-bond donors (Lipinski definition) is 0. The highest BCUT2D eigenvalue weighted by Crippen LogP contribution is 2.60. The van der Waals surface area contributed by atoms with Gasteiger partial charge in [0.2, 0.25) is 5.91 Å². The molecular weight excluding hydrogens is 448 g/mol. The summed E-state index contributed by atoms with van der Waals surface area (Å²) >= 11 is 17.7. The first kappa shape index (κ1) is 21.9. The van der Waals surface area contributed by atoms with Crippen LogP contribution in [-0.2, 0) is 21.2 Å². The van der Waals surface area contributed by atoms with Crippen LogP contribution >= 0.6 is 34.8 Å². The molecule has 3 atom stereocenters. The molecule has 1 saturated heterocycles. The van der Waals surface area contributed by atoms with Gasteiger partial charge in [0.25, 0.3) is 0 Å². The van der Waals surface area contributed by atoms with E-state index < -0.39 is 27.6 Å². The second-order valence-corrected chi connectivity index (χ2v) is 11.6. The SMILES string of the molecule is CC1(C)C(C=C(Cl)Cl)C1C(=O)N(Cc1c(F)cccc1Cl)C1CCS(=O)(=O)C1. The lowest BCUT2D eigenvalue weighted by Gasteiger charge is -2.29. The van der Waals surface area contributed by atoms with Crippen LogP contribution in [0.1, 0.15) is 25.8 Å². The number of nitrogens with zero attached hydrogens (tertiary/aromatic N) is 1. The molecule has 4 nitrogen and oxygen atoms in total. The lowest BCUT2D eigenvalue weighted by molar-refractivity contribution is -0.136. The summed E-state index contributed by atoms with van der Waals surface area (Å²) in [6.45, 7) is 3.77. The first-order valence-electron chi connectivity index (χ1n) is 8.90. The third-order valence-corrected chi connectivity index (χ3v) is 8.16. The minimum Gasteiger partial charge on any atom is -0.334 e. The lowest BCUT2D eigenvalue weighted by Crippen LogP contribution is -2.42. The van der Waals surface area contributed by atoms with Gasteiger partial charge in [0.05, 0.1) is 24.0 Å². The lowest BCUT2D eigenvalue weighted by atomic mass is 10.1. The molecule has 9 heteroatoms. The minimum absolute atomic E-state index is 0.0113. The summed E-state index contributed by atoms with van der Waals surface area (Å²) in [6.07, 6.45) is 1.95. The summed E-state index contributed by atoms with van der Waals surface area (Å²) < 4.78 is 38.4. The highest BCUT2D eigenvalue weighted by Gasteiger charge is 2.62. The third-order valence-electron chi connectivity index (χ3n) is 5.80. The van der Waals surface area contributed by atoms with Crippen molar-refractivity contribution in [2.75, 3.05) is 11.5 Å². The summed E-state index contributed by atoms with van der Waals surface area (Å²) in [7, 11) is -3.23. The van der Waals surface area contributed by atoms with Gasteiger partial charge in [-0.1, -0.05) is 54.7 Å². The molecule has 1 aliphatic carbocycles. The van der Waals surface area contributed by atoms with Crippen LogP contribution in [0.2, 0.25) is 5.02 Å². The summed E-state index contributed by atoms with van der Waals surface area (Å²) in [5.74, 6) is -1.45. The Hall–Kier alpha value is -0.820. The van der Waals surface area contributed by atoms with Gasteiger partial charge in [0, 0.05) is 16.6 Å². The number of amides is 1. The maximum absolute atomic E-state index is 14.3. The van der Waals surface area contributed by atoms with Gasteiger partial charge >= 0.3 is 0 Å². The molecule has 2 aliphatic rings. The van der Waals surface area contributed by atoms with Gasteiger partial charge in [-0.3, -0.25) is 4.79 Å². The second-order valence-electron chi connectivity index (χ2n) is 8.00. The van der Waals surface area contributed by atoms with Crippen molar-refractivity contribution in [2.45, 2.75) is 32.9 Å². The van der Waals surface area contributed by atoms with Crippen LogP contribution < -0.4 is 0 Å². The van der Waals surface area contributed by atoms with E-state index in [1.165, 1.54) is 17.0 Å². The zero-order valence-corrected chi connectivity index (χ0v) is 18.5. The molecule has 1 aromatic rings. The summed E-state index contributed by atoms with van der Waals surface area (Å²) in [5, 5.41) is 0.203. The van der Waals surface area contributed by atoms with E-state index in [4.69, 9.17) is 34.8 Å².